The maximum Gasteiger partial charge on any atom is 0.0702 e. The van der Waals surface area contributed by atoms with E-state index in [1.807, 2.05) is 12.1 Å². The third-order valence-corrected chi connectivity index (χ3v) is 3.41. The zero-order chi connectivity index (χ0) is 10.7. The Morgan fingerprint density at radius 3 is 2.60 bits per heavy atom. The molecule has 2 rings (SSSR count). The molecule has 0 amide bonds. The van der Waals surface area contributed by atoms with E-state index in [4.69, 9.17) is 0 Å². The second-order valence-corrected chi connectivity index (χ2v) is 4.89. The molecule has 1 aliphatic rings. The Bertz CT molecular complexity index is 334. The monoisotopic (exact) mass is 269 g/mol. The van der Waals surface area contributed by atoms with E-state index in [1.165, 1.54) is 24.9 Å². The number of halogens is 1. The van der Waals surface area contributed by atoms with Crippen LogP contribution in [0.4, 0.5) is 5.69 Å². The molecule has 0 spiro atoms. The van der Waals surface area contributed by atoms with Crippen molar-refractivity contribution in [3.63, 3.8) is 0 Å². The van der Waals surface area contributed by atoms with E-state index in [-0.39, 0.29) is 6.61 Å². The number of rotatable bonds is 2. The van der Waals surface area contributed by atoms with Crippen molar-refractivity contribution >= 4 is 21.6 Å². The van der Waals surface area contributed by atoms with Gasteiger partial charge in [-0.25, -0.2) is 0 Å². The van der Waals surface area contributed by atoms with Gasteiger partial charge in [0.15, 0.2) is 0 Å². The smallest absolute Gasteiger partial charge is 0.0702 e. The predicted octanol–water partition coefficient (Wildman–Crippen LogP) is 2.93. The molecule has 1 aromatic rings. The van der Waals surface area contributed by atoms with Crippen LogP contribution in [0.15, 0.2) is 22.7 Å². The SMILES string of the molecule is OCc1ccc(Br)cc1N1CCCCC1. The molecule has 0 unspecified atom stereocenters. The Labute approximate surface area is 99.0 Å². The summed E-state index contributed by atoms with van der Waals surface area (Å²) in [4.78, 5) is 2.37. The van der Waals surface area contributed by atoms with Crippen LogP contribution in [0.3, 0.4) is 0 Å². The molecule has 3 heteroatoms. The highest BCUT2D eigenvalue weighted by molar-refractivity contribution is 9.10. The number of nitrogens with zero attached hydrogens (tertiary/aromatic N) is 1. The van der Waals surface area contributed by atoms with Crippen LogP contribution in [-0.4, -0.2) is 18.2 Å². The molecule has 1 fully saturated rings. The van der Waals surface area contributed by atoms with Crippen LogP contribution in [0.25, 0.3) is 0 Å². The first-order valence-electron chi connectivity index (χ1n) is 5.45. The number of anilines is 1. The summed E-state index contributed by atoms with van der Waals surface area (Å²) >= 11 is 3.48. The highest BCUT2D eigenvalue weighted by Crippen LogP contribution is 2.27. The van der Waals surface area contributed by atoms with Crippen molar-refractivity contribution < 1.29 is 5.11 Å². The van der Waals surface area contributed by atoms with Gasteiger partial charge in [0, 0.05) is 28.8 Å². The zero-order valence-corrected chi connectivity index (χ0v) is 10.3. The lowest BCUT2D eigenvalue weighted by molar-refractivity contribution is 0.282. The van der Waals surface area contributed by atoms with Crippen molar-refractivity contribution in [1.82, 2.24) is 0 Å². The van der Waals surface area contributed by atoms with Crippen molar-refractivity contribution in [3.8, 4) is 0 Å². The summed E-state index contributed by atoms with van der Waals surface area (Å²) < 4.78 is 1.08. The van der Waals surface area contributed by atoms with Gasteiger partial charge >= 0.3 is 0 Å². The first-order valence-corrected chi connectivity index (χ1v) is 6.25. The van der Waals surface area contributed by atoms with Crippen LogP contribution in [0, 0.1) is 0 Å². The second-order valence-electron chi connectivity index (χ2n) is 3.98. The molecule has 0 atom stereocenters. The van der Waals surface area contributed by atoms with Gasteiger partial charge in [0.25, 0.3) is 0 Å². The lowest BCUT2D eigenvalue weighted by atomic mass is 10.1. The number of aliphatic hydroxyl groups excluding tert-OH is 1. The van der Waals surface area contributed by atoms with E-state index in [0.29, 0.717) is 0 Å². The largest absolute Gasteiger partial charge is 0.392 e. The van der Waals surface area contributed by atoms with Crippen LogP contribution in [0.1, 0.15) is 24.8 Å². The van der Waals surface area contributed by atoms with Crippen LogP contribution in [-0.2, 0) is 6.61 Å². The first kappa shape index (κ1) is 11.0. The molecule has 1 aromatic carbocycles. The van der Waals surface area contributed by atoms with Gasteiger partial charge in [-0.2, -0.15) is 0 Å². The van der Waals surface area contributed by atoms with E-state index < -0.39 is 0 Å². The van der Waals surface area contributed by atoms with Crippen LogP contribution in [0.5, 0.6) is 0 Å². The Morgan fingerprint density at radius 1 is 1.20 bits per heavy atom. The van der Waals surface area contributed by atoms with Gasteiger partial charge in [-0.15, -0.1) is 0 Å². The quantitative estimate of drug-likeness (QED) is 0.893. The highest BCUT2D eigenvalue weighted by Gasteiger charge is 2.14. The second kappa shape index (κ2) is 4.99. The van der Waals surface area contributed by atoms with Crippen molar-refractivity contribution in [1.29, 1.82) is 0 Å². The fraction of sp³-hybridized carbons (Fsp3) is 0.500. The number of hydrogen-bond acceptors (Lipinski definition) is 2. The van der Waals surface area contributed by atoms with Gasteiger partial charge in [-0.05, 0) is 31.4 Å². The van der Waals surface area contributed by atoms with Gasteiger partial charge in [-0.3, -0.25) is 0 Å². The molecular formula is C12H16BrNO. The number of benzene rings is 1. The van der Waals surface area contributed by atoms with Gasteiger partial charge in [-0.1, -0.05) is 22.0 Å². The fourth-order valence-corrected chi connectivity index (χ4v) is 2.45. The first-order chi connectivity index (χ1) is 7.31. The summed E-state index contributed by atoms with van der Waals surface area (Å²) in [6, 6.07) is 6.09. The number of piperidine rings is 1. The third kappa shape index (κ3) is 2.52. The van der Waals surface area contributed by atoms with Crippen LogP contribution < -0.4 is 4.90 Å². The highest BCUT2D eigenvalue weighted by atomic mass is 79.9. The molecule has 1 saturated heterocycles. The molecule has 0 radical (unpaired) electrons. The van der Waals surface area contributed by atoms with Crippen molar-refractivity contribution in [3.05, 3.63) is 28.2 Å². The predicted molar refractivity (Wildman–Crippen MR) is 66.1 cm³/mol. The Balaban J connectivity index is 2.27. The summed E-state index contributed by atoms with van der Waals surface area (Å²) in [6.45, 7) is 2.35. The molecule has 15 heavy (non-hydrogen) atoms. The van der Waals surface area contributed by atoms with Crippen molar-refractivity contribution in [2.45, 2.75) is 25.9 Å². The minimum atomic E-state index is 0.124. The Hall–Kier alpha value is -0.540. The summed E-state index contributed by atoms with van der Waals surface area (Å²) in [7, 11) is 0. The fourth-order valence-electron chi connectivity index (χ4n) is 2.10. The lowest BCUT2D eigenvalue weighted by Crippen LogP contribution is -2.30. The van der Waals surface area contributed by atoms with E-state index in [0.717, 1.165) is 23.1 Å². The van der Waals surface area contributed by atoms with Gasteiger partial charge in [0.05, 0.1) is 6.61 Å². The minimum absolute atomic E-state index is 0.124. The van der Waals surface area contributed by atoms with Crippen molar-refractivity contribution in [2.24, 2.45) is 0 Å². The Kier molecular flexibility index (Phi) is 3.65. The summed E-state index contributed by atoms with van der Waals surface area (Å²) in [5, 5.41) is 9.30. The molecule has 82 valence electrons. The molecule has 0 bridgehead atoms. The Morgan fingerprint density at radius 2 is 1.93 bits per heavy atom. The molecule has 0 aromatic heterocycles. The standard InChI is InChI=1S/C12H16BrNO/c13-11-5-4-10(9-15)12(8-11)14-6-2-1-3-7-14/h4-5,8,15H,1-3,6-7,9H2. The molecule has 1 N–H and O–H groups in total. The molecule has 2 nitrogen and oxygen atoms in total. The van der Waals surface area contributed by atoms with Gasteiger partial charge < -0.3 is 10.0 Å². The average molecular weight is 270 g/mol. The van der Waals surface area contributed by atoms with Crippen molar-refractivity contribution in [2.75, 3.05) is 18.0 Å². The number of hydrogen-bond donors (Lipinski definition) is 1. The summed E-state index contributed by atoms with van der Waals surface area (Å²) in [5.74, 6) is 0. The maximum absolute atomic E-state index is 9.30. The molecule has 0 aliphatic carbocycles. The maximum atomic E-state index is 9.30. The van der Waals surface area contributed by atoms with E-state index in [1.54, 1.807) is 0 Å². The average Bonchev–Trinajstić information content (AvgIpc) is 2.30. The van der Waals surface area contributed by atoms with E-state index in [2.05, 4.69) is 26.9 Å². The molecule has 1 aliphatic heterocycles. The lowest BCUT2D eigenvalue weighted by Gasteiger charge is -2.30. The minimum Gasteiger partial charge on any atom is -0.392 e. The summed E-state index contributed by atoms with van der Waals surface area (Å²) in [5.41, 5.74) is 2.21. The van der Waals surface area contributed by atoms with E-state index in [9.17, 15) is 5.11 Å². The van der Waals surface area contributed by atoms with Crippen LogP contribution in [0.2, 0.25) is 0 Å². The van der Waals surface area contributed by atoms with Gasteiger partial charge in [0.1, 0.15) is 0 Å². The number of aliphatic hydroxyl groups is 1. The topological polar surface area (TPSA) is 23.5 Å². The van der Waals surface area contributed by atoms with Crippen LogP contribution >= 0.6 is 15.9 Å². The van der Waals surface area contributed by atoms with Gasteiger partial charge in [0.2, 0.25) is 0 Å². The molecular weight excluding hydrogens is 254 g/mol. The van der Waals surface area contributed by atoms with E-state index >= 15 is 0 Å². The zero-order valence-electron chi connectivity index (χ0n) is 8.75. The molecule has 0 saturated carbocycles. The molecule has 1 heterocycles. The normalized spacial score (nSPS) is 16.8. The summed E-state index contributed by atoms with van der Waals surface area (Å²) in [6.07, 6.45) is 3.85. The third-order valence-electron chi connectivity index (χ3n) is 2.91.